The number of hydrogen-bond acceptors (Lipinski definition) is 1. The van der Waals surface area contributed by atoms with Crippen molar-refractivity contribution < 1.29 is 18.0 Å². The van der Waals surface area contributed by atoms with Crippen LogP contribution in [-0.2, 0) is 17.4 Å². The molecule has 0 atom stereocenters. The molecule has 0 aliphatic rings. The molecule has 112 valence electrons. The molecule has 0 spiro atoms. The van der Waals surface area contributed by atoms with Gasteiger partial charge in [-0.1, -0.05) is 41.1 Å². The Morgan fingerprint density at radius 2 is 1.75 bits per heavy atom. The van der Waals surface area contributed by atoms with Crippen molar-refractivity contribution >= 4 is 28.5 Å². The number of rotatable bonds is 7. The van der Waals surface area contributed by atoms with Crippen molar-refractivity contribution in [3.05, 3.63) is 35.4 Å². The van der Waals surface area contributed by atoms with E-state index in [9.17, 15) is 18.0 Å². The summed E-state index contributed by atoms with van der Waals surface area (Å²) in [4.78, 5) is 11.6. The molecule has 0 aromatic heterocycles. The molecule has 0 unspecified atom stereocenters. The average Bonchev–Trinajstić information content (AvgIpc) is 2.38. The highest BCUT2D eigenvalue weighted by atomic mass is 127. The van der Waals surface area contributed by atoms with E-state index in [1.165, 1.54) is 12.1 Å². The summed E-state index contributed by atoms with van der Waals surface area (Å²) in [6, 6.07) is 4.70. The van der Waals surface area contributed by atoms with Crippen LogP contribution in [-0.4, -0.2) is 16.9 Å². The number of benzene rings is 1. The van der Waals surface area contributed by atoms with E-state index < -0.39 is 11.7 Å². The quantitative estimate of drug-likeness (QED) is 0.420. The number of carbonyl (C=O) groups excluding carboxylic acids is 1. The minimum absolute atomic E-state index is 0.115. The van der Waals surface area contributed by atoms with E-state index in [2.05, 4.69) is 27.9 Å². The van der Waals surface area contributed by atoms with Crippen LogP contribution in [0.3, 0.4) is 0 Å². The fraction of sp³-hybridized carbons (Fsp3) is 0.500. The summed E-state index contributed by atoms with van der Waals surface area (Å²) in [7, 11) is 0. The lowest BCUT2D eigenvalue weighted by Crippen LogP contribution is -2.26. The maximum atomic E-state index is 12.4. The molecular weight excluding hydrogens is 382 g/mol. The number of amides is 1. The van der Waals surface area contributed by atoms with Crippen molar-refractivity contribution in [2.45, 2.75) is 31.9 Å². The van der Waals surface area contributed by atoms with Gasteiger partial charge in [0.15, 0.2) is 0 Å². The van der Waals surface area contributed by atoms with Crippen LogP contribution in [0, 0.1) is 0 Å². The van der Waals surface area contributed by atoms with E-state index in [0.29, 0.717) is 12.1 Å². The molecule has 0 saturated carbocycles. The topological polar surface area (TPSA) is 29.1 Å². The van der Waals surface area contributed by atoms with Gasteiger partial charge in [0.1, 0.15) is 0 Å². The van der Waals surface area contributed by atoms with Gasteiger partial charge < -0.3 is 5.32 Å². The molecule has 0 radical (unpaired) electrons. The van der Waals surface area contributed by atoms with Crippen LogP contribution in [0.25, 0.3) is 0 Å². The molecular formula is C14H17F3INO. The summed E-state index contributed by atoms with van der Waals surface area (Å²) in [5.41, 5.74) is -0.108. The van der Waals surface area contributed by atoms with E-state index in [-0.39, 0.29) is 12.3 Å². The second-order valence-corrected chi connectivity index (χ2v) is 5.55. The van der Waals surface area contributed by atoms with E-state index >= 15 is 0 Å². The Morgan fingerprint density at radius 3 is 2.30 bits per heavy atom. The van der Waals surface area contributed by atoms with Gasteiger partial charge in [-0.15, -0.1) is 0 Å². The smallest absolute Gasteiger partial charge is 0.356 e. The van der Waals surface area contributed by atoms with Gasteiger partial charge in [-0.25, -0.2) is 0 Å². The third-order valence-corrected chi connectivity index (χ3v) is 3.54. The van der Waals surface area contributed by atoms with Crippen molar-refractivity contribution in [3.8, 4) is 0 Å². The molecule has 0 aliphatic carbocycles. The fourth-order valence-electron chi connectivity index (χ4n) is 1.68. The van der Waals surface area contributed by atoms with Gasteiger partial charge in [-0.2, -0.15) is 13.2 Å². The number of unbranched alkanes of at least 4 members (excludes halogenated alkanes) is 2. The molecule has 2 nitrogen and oxygen atoms in total. The predicted octanol–water partition coefficient (Wildman–Crippen LogP) is 3.97. The highest BCUT2D eigenvalue weighted by molar-refractivity contribution is 14.1. The molecule has 1 aromatic carbocycles. The first-order valence-electron chi connectivity index (χ1n) is 6.42. The van der Waals surface area contributed by atoms with Crippen molar-refractivity contribution in [1.82, 2.24) is 5.32 Å². The average molecular weight is 399 g/mol. The van der Waals surface area contributed by atoms with Crippen molar-refractivity contribution in [2.75, 3.05) is 11.0 Å². The van der Waals surface area contributed by atoms with Crippen LogP contribution in [0.4, 0.5) is 13.2 Å². The number of hydrogen-bond donors (Lipinski definition) is 1. The lowest BCUT2D eigenvalue weighted by Gasteiger charge is -2.08. The standard InChI is InChI=1S/C14H17F3INO/c15-14(16,17)12-6-4-11(5-7-12)10-13(20)19-9-3-1-2-8-18/h4-7H,1-3,8-10H2,(H,19,20). The Balaban J connectivity index is 2.35. The summed E-state index contributed by atoms with van der Waals surface area (Å²) in [6.45, 7) is 0.621. The van der Waals surface area contributed by atoms with Crippen LogP contribution in [0.15, 0.2) is 24.3 Å². The van der Waals surface area contributed by atoms with Gasteiger partial charge in [0.25, 0.3) is 0 Å². The van der Waals surface area contributed by atoms with Gasteiger partial charge in [0.05, 0.1) is 12.0 Å². The molecule has 1 amide bonds. The highest BCUT2D eigenvalue weighted by Gasteiger charge is 2.29. The van der Waals surface area contributed by atoms with E-state index in [0.717, 1.165) is 35.8 Å². The van der Waals surface area contributed by atoms with Crippen LogP contribution in [0.1, 0.15) is 30.4 Å². The summed E-state index contributed by atoms with van der Waals surface area (Å²) in [5, 5.41) is 2.77. The molecule has 0 saturated heterocycles. The molecule has 0 heterocycles. The Morgan fingerprint density at radius 1 is 1.10 bits per heavy atom. The predicted molar refractivity (Wildman–Crippen MR) is 80.9 cm³/mol. The lowest BCUT2D eigenvalue weighted by molar-refractivity contribution is -0.137. The second-order valence-electron chi connectivity index (χ2n) is 4.47. The van der Waals surface area contributed by atoms with Crippen molar-refractivity contribution in [2.24, 2.45) is 0 Å². The maximum Gasteiger partial charge on any atom is 0.416 e. The molecule has 1 aromatic rings. The van der Waals surface area contributed by atoms with Gasteiger partial charge in [0.2, 0.25) is 5.91 Å². The van der Waals surface area contributed by atoms with Crippen LogP contribution in [0.5, 0.6) is 0 Å². The van der Waals surface area contributed by atoms with Crippen LogP contribution >= 0.6 is 22.6 Å². The van der Waals surface area contributed by atoms with Crippen LogP contribution in [0.2, 0.25) is 0 Å². The first-order valence-corrected chi connectivity index (χ1v) is 7.95. The zero-order valence-corrected chi connectivity index (χ0v) is 13.1. The summed E-state index contributed by atoms with van der Waals surface area (Å²) in [6.07, 6.45) is -1.08. The Labute approximate surface area is 130 Å². The van der Waals surface area contributed by atoms with E-state index in [1.807, 2.05) is 0 Å². The third kappa shape index (κ3) is 6.58. The monoisotopic (exact) mass is 399 g/mol. The maximum absolute atomic E-state index is 12.4. The fourth-order valence-corrected chi connectivity index (χ4v) is 2.22. The molecule has 0 fully saturated rings. The molecule has 20 heavy (non-hydrogen) atoms. The minimum atomic E-state index is -4.33. The lowest BCUT2D eigenvalue weighted by atomic mass is 10.1. The number of nitrogens with one attached hydrogen (secondary N) is 1. The van der Waals surface area contributed by atoms with Crippen molar-refractivity contribution in [3.63, 3.8) is 0 Å². The van der Waals surface area contributed by atoms with E-state index in [4.69, 9.17) is 0 Å². The Hall–Kier alpha value is -0.790. The van der Waals surface area contributed by atoms with E-state index in [1.54, 1.807) is 0 Å². The molecule has 6 heteroatoms. The van der Waals surface area contributed by atoms with Gasteiger partial charge in [-0.3, -0.25) is 4.79 Å². The molecule has 0 bridgehead atoms. The van der Waals surface area contributed by atoms with Gasteiger partial charge in [0, 0.05) is 6.54 Å². The summed E-state index contributed by atoms with van der Waals surface area (Å²) in [5.74, 6) is -0.153. The normalized spacial score (nSPS) is 11.4. The zero-order valence-electron chi connectivity index (χ0n) is 11.0. The Kier molecular flexibility index (Phi) is 7.32. The molecule has 0 aliphatic heterocycles. The van der Waals surface area contributed by atoms with Crippen LogP contribution < -0.4 is 5.32 Å². The van der Waals surface area contributed by atoms with Crippen molar-refractivity contribution in [1.29, 1.82) is 0 Å². The van der Waals surface area contributed by atoms with Gasteiger partial charge >= 0.3 is 6.18 Å². The zero-order chi connectivity index (χ0) is 15.0. The summed E-state index contributed by atoms with van der Waals surface area (Å²) >= 11 is 2.31. The second kappa shape index (κ2) is 8.49. The number of halogens is 4. The molecule has 1 rings (SSSR count). The highest BCUT2D eigenvalue weighted by Crippen LogP contribution is 2.29. The third-order valence-electron chi connectivity index (χ3n) is 2.78. The molecule has 1 N–H and O–H groups in total. The number of alkyl halides is 4. The summed E-state index contributed by atoms with van der Waals surface area (Å²) < 4.78 is 38.2. The Bertz CT molecular complexity index is 417. The first-order chi connectivity index (χ1) is 9.43. The van der Waals surface area contributed by atoms with Gasteiger partial charge in [-0.05, 0) is 35.0 Å². The number of carbonyl (C=O) groups is 1. The SMILES string of the molecule is O=C(Cc1ccc(C(F)(F)F)cc1)NCCCCCI. The largest absolute Gasteiger partial charge is 0.416 e. The first kappa shape index (κ1) is 17.3. The minimum Gasteiger partial charge on any atom is -0.356 e.